The molecule has 5 unspecified atom stereocenters. The van der Waals surface area contributed by atoms with Crippen molar-refractivity contribution in [2.45, 2.75) is 96.2 Å². The van der Waals surface area contributed by atoms with E-state index in [0.29, 0.717) is 30.5 Å². The zero-order valence-electron chi connectivity index (χ0n) is 26.2. The second-order valence-electron chi connectivity index (χ2n) is 14.6. The van der Waals surface area contributed by atoms with Crippen LogP contribution in [0.4, 0.5) is 10.7 Å². The molecule has 1 amide bonds. The van der Waals surface area contributed by atoms with E-state index in [2.05, 4.69) is 53.2 Å². The lowest BCUT2D eigenvalue weighted by Gasteiger charge is -2.66. The van der Waals surface area contributed by atoms with Gasteiger partial charge in [0.1, 0.15) is 11.4 Å². The van der Waals surface area contributed by atoms with Crippen LogP contribution in [0.25, 0.3) is 0 Å². The van der Waals surface area contributed by atoms with Crippen molar-refractivity contribution >= 4 is 12.0 Å². The summed E-state index contributed by atoms with van der Waals surface area (Å²) in [5, 5.41) is 2.98. The summed E-state index contributed by atoms with van der Waals surface area (Å²) in [5.74, 6) is 3.18. The van der Waals surface area contributed by atoms with Gasteiger partial charge in [0.25, 0.3) is 0 Å². The van der Waals surface area contributed by atoms with Gasteiger partial charge in [0.2, 0.25) is 5.95 Å². The molecular formula is C34H47N5O3. The Hall–Kier alpha value is -2.87. The largest absolute Gasteiger partial charge is 0.497 e. The average molecular weight is 574 g/mol. The number of rotatable bonds is 6. The molecule has 7 rings (SSSR count). The molecule has 0 radical (unpaired) electrons. The van der Waals surface area contributed by atoms with Crippen molar-refractivity contribution in [1.82, 2.24) is 20.2 Å². The summed E-state index contributed by atoms with van der Waals surface area (Å²) in [5.41, 5.74) is 5.16. The molecule has 4 fully saturated rings. The van der Waals surface area contributed by atoms with Crippen molar-refractivity contribution in [1.29, 1.82) is 0 Å². The van der Waals surface area contributed by atoms with E-state index in [0.717, 1.165) is 55.6 Å². The number of likely N-dealkylation sites (tertiary alicyclic amines) is 1. The number of methoxy groups -OCH3 is 1. The first kappa shape index (κ1) is 27.9. The minimum absolute atomic E-state index is 0.159. The van der Waals surface area contributed by atoms with Crippen LogP contribution in [-0.2, 0) is 16.6 Å². The number of alkyl carbamates (subject to hydrolysis) is 1. The predicted molar refractivity (Wildman–Crippen MR) is 163 cm³/mol. The van der Waals surface area contributed by atoms with Crippen LogP contribution in [0, 0.1) is 31.1 Å². The number of aromatic nitrogens is 2. The summed E-state index contributed by atoms with van der Waals surface area (Å²) >= 11 is 0. The highest BCUT2D eigenvalue weighted by Gasteiger charge is 2.76. The van der Waals surface area contributed by atoms with E-state index in [4.69, 9.17) is 19.4 Å². The van der Waals surface area contributed by atoms with E-state index in [1.54, 1.807) is 12.7 Å². The zero-order valence-corrected chi connectivity index (χ0v) is 26.2. The number of anilines is 1. The predicted octanol–water partition coefficient (Wildman–Crippen LogP) is 5.19. The second-order valence-corrected chi connectivity index (χ2v) is 14.6. The lowest BCUT2D eigenvalue weighted by Crippen LogP contribution is -2.69. The summed E-state index contributed by atoms with van der Waals surface area (Å²) in [6.07, 6.45) is 6.64. The summed E-state index contributed by atoms with van der Waals surface area (Å²) in [6, 6.07) is 10.0. The molecule has 2 aromatic rings. The van der Waals surface area contributed by atoms with Gasteiger partial charge in [-0.1, -0.05) is 6.07 Å². The molecule has 3 aliphatic carbocycles. The quantitative estimate of drug-likeness (QED) is 0.477. The van der Waals surface area contributed by atoms with Gasteiger partial charge in [-0.3, -0.25) is 4.90 Å². The fourth-order valence-corrected chi connectivity index (χ4v) is 10.3. The number of fused-ring (bicyclic) bond motifs is 1. The Bertz CT molecular complexity index is 1370. The number of nitrogens with zero attached hydrogens (tertiary/aromatic N) is 4. The van der Waals surface area contributed by atoms with E-state index in [9.17, 15) is 4.79 Å². The highest BCUT2D eigenvalue weighted by Crippen LogP contribution is 2.75. The van der Waals surface area contributed by atoms with Crippen LogP contribution in [0.2, 0.25) is 0 Å². The first-order valence-corrected chi connectivity index (χ1v) is 16.0. The molecule has 1 N–H and O–H groups in total. The Kier molecular flexibility index (Phi) is 6.54. The molecule has 8 heteroatoms. The van der Waals surface area contributed by atoms with Crippen LogP contribution in [0.3, 0.4) is 0 Å². The minimum atomic E-state index is -0.475. The van der Waals surface area contributed by atoms with Crippen LogP contribution < -0.4 is 15.0 Å². The number of aryl methyl sites for hydroxylation is 2. The van der Waals surface area contributed by atoms with Gasteiger partial charge in [-0.05, 0) is 126 Å². The Labute approximate surface area is 250 Å². The fraction of sp³-hybridized carbons (Fsp3) is 0.676. The van der Waals surface area contributed by atoms with Crippen LogP contribution >= 0.6 is 0 Å². The van der Waals surface area contributed by atoms with Crippen molar-refractivity contribution in [3.05, 3.63) is 46.8 Å². The minimum Gasteiger partial charge on any atom is -0.497 e. The fourth-order valence-electron chi connectivity index (χ4n) is 10.3. The molecule has 5 aliphatic rings. The van der Waals surface area contributed by atoms with E-state index >= 15 is 0 Å². The third kappa shape index (κ3) is 4.15. The van der Waals surface area contributed by atoms with Gasteiger partial charge >= 0.3 is 6.09 Å². The SMILES string of the molecule is COc1ccc2c(c1)C13CCN(CCCNC(=O)OC(C)(C)C)C(C2)C12CCC1C3[C@H](CN1c1nc(C)cc(C)n1)C2. The number of hydrogen-bond donors (Lipinski definition) is 1. The Morgan fingerprint density at radius 3 is 2.67 bits per heavy atom. The van der Waals surface area contributed by atoms with Gasteiger partial charge in [0.15, 0.2) is 0 Å². The number of hydrogen-bond acceptors (Lipinski definition) is 7. The molecule has 8 nitrogen and oxygen atoms in total. The lowest BCUT2D eigenvalue weighted by atomic mass is 9.43. The van der Waals surface area contributed by atoms with Crippen molar-refractivity contribution in [2.24, 2.45) is 17.3 Å². The van der Waals surface area contributed by atoms with E-state index in [1.165, 1.54) is 31.2 Å². The number of amides is 1. The Balaban J connectivity index is 1.19. The molecule has 2 saturated carbocycles. The third-order valence-electron chi connectivity index (χ3n) is 11.3. The molecule has 2 saturated heterocycles. The topological polar surface area (TPSA) is 79.8 Å². The molecule has 6 atom stereocenters. The highest BCUT2D eigenvalue weighted by molar-refractivity contribution is 5.67. The van der Waals surface area contributed by atoms with Gasteiger partial charge in [-0.15, -0.1) is 0 Å². The average Bonchev–Trinajstić information content (AvgIpc) is 3.37. The van der Waals surface area contributed by atoms with Crippen LogP contribution in [0.5, 0.6) is 5.75 Å². The molecule has 226 valence electrons. The summed E-state index contributed by atoms with van der Waals surface area (Å²) in [6.45, 7) is 13.7. The van der Waals surface area contributed by atoms with Crippen LogP contribution in [0.1, 0.15) is 75.4 Å². The molecule has 1 aromatic carbocycles. The summed E-state index contributed by atoms with van der Waals surface area (Å²) in [7, 11) is 1.80. The molecule has 4 bridgehead atoms. The zero-order chi connectivity index (χ0) is 29.4. The molecule has 42 heavy (non-hydrogen) atoms. The van der Waals surface area contributed by atoms with E-state index < -0.39 is 5.60 Å². The molecule has 2 aliphatic heterocycles. The van der Waals surface area contributed by atoms with Gasteiger partial charge in [0.05, 0.1) is 7.11 Å². The Morgan fingerprint density at radius 2 is 1.93 bits per heavy atom. The van der Waals surface area contributed by atoms with Gasteiger partial charge in [-0.2, -0.15) is 0 Å². The highest BCUT2D eigenvalue weighted by atomic mass is 16.6. The van der Waals surface area contributed by atoms with E-state index in [-0.39, 0.29) is 16.9 Å². The standard InChI is InChI=1S/C34H47N5O3/c1-21-16-22(2)37-30(36-21)39-20-24-19-33-11-10-27(39)29(24)34(33)12-15-38(14-7-13-35-31(40)42-32(3,4)5)28(33)17-23-8-9-25(41-6)18-26(23)34/h8-9,16,18,24,27-29H,7,10-15,17,19-20H2,1-6H3,(H,35,40)/t24-,27?,28?,29?,33?,34?/m0/s1. The van der Waals surface area contributed by atoms with Crippen LogP contribution in [0.15, 0.2) is 24.3 Å². The molecule has 1 aromatic heterocycles. The van der Waals surface area contributed by atoms with Gasteiger partial charge in [0, 0.05) is 48.5 Å². The molecule has 3 heterocycles. The number of ether oxygens (including phenoxy) is 2. The van der Waals surface area contributed by atoms with Crippen molar-refractivity contribution < 1.29 is 14.3 Å². The number of benzene rings is 1. The summed E-state index contributed by atoms with van der Waals surface area (Å²) in [4.78, 5) is 27.5. The van der Waals surface area contributed by atoms with Crippen molar-refractivity contribution in [3.63, 3.8) is 0 Å². The van der Waals surface area contributed by atoms with Gasteiger partial charge in [-0.25, -0.2) is 14.8 Å². The maximum absolute atomic E-state index is 12.2. The molecular weight excluding hydrogens is 526 g/mol. The number of carbonyl (C=O) groups excluding carboxylic acids is 1. The van der Waals surface area contributed by atoms with Crippen LogP contribution in [-0.4, -0.2) is 71.9 Å². The van der Waals surface area contributed by atoms with Gasteiger partial charge < -0.3 is 19.7 Å². The normalized spacial score (nSPS) is 32.8. The second kappa shape index (κ2) is 9.83. The number of piperidine rings is 1. The monoisotopic (exact) mass is 573 g/mol. The summed E-state index contributed by atoms with van der Waals surface area (Å²) < 4.78 is 11.3. The first-order valence-electron chi connectivity index (χ1n) is 16.0. The maximum Gasteiger partial charge on any atom is 0.407 e. The Morgan fingerprint density at radius 1 is 1.14 bits per heavy atom. The van der Waals surface area contributed by atoms with E-state index in [1.807, 2.05) is 20.8 Å². The van der Waals surface area contributed by atoms with Crippen molar-refractivity contribution in [2.75, 3.05) is 38.2 Å². The molecule has 0 spiro atoms. The first-order chi connectivity index (χ1) is 20.0. The number of nitrogens with one attached hydrogen (secondary N) is 1. The lowest BCUT2D eigenvalue weighted by molar-refractivity contribution is -0.0910. The smallest absolute Gasteiger partial charge is 0.407 e. The van der Waals surface area contributed by atoms with Crippen molar-refractivity contribution in [3.8, 4) is 5.75 Å². The third-order valence-corrected chi connectivity index (χ3v) is 11.3. The maximum atomic E-state index is 12.2. The number of carbonyl (C=O) groups is 1.